The van der Waals surface area contributed by atoms with Crippen LogP contribution < -0.4 is 10.6 Å². The van der Waals surface area contributed by atoms with E-state index in [0.717, 1.165) is 43.6 Å². The van der Waals surface area contributed by atoms with Crippen molar-refractivity contribution in [1.29, 1.82) is 0 Å². The molecule has 1 aliphatic heterocycles. The third-order valence-corrected chi connectivity index (χ3v) is 3.36. The monoisotopic (exact) mass is 232 g/mol. The summed E-state index contributed by atoms with van der Waals surface area (Å²) in [4.78, 5) is 12.0. The van der Waals surface area contributed by atoms with Crippen LogP contribution in [-0.2, 0) is 6.42 Å². The van der Waals surface area contributed by atoms with Crippen molar-refractivity contribution in [3.63, 3.8) is 0 Å². The average Bonchev–Trinajstić information content (AvgIpc) is 2.89. The summed E-state index contributed by atoms with van der Waals surface area (Å²) < 4.78 is 0. The van der Waals surface area contributed by atoms with E-state index in [4.69, 9.17) is 0 Å². The number of nitrogens with one attached hydrogen (secondary N) is 2. The van der Waals surface area contributed by atoms with Crippen LogP contribution in [0.25, 0.3) is 0 Å². The zero-order valence-corrected chi connectivity index (χ0v) is 10.3. The number of rotatable bonds is 4. The second kappa shape index (κ2) is 5.82. The molecule has 0 bridgehead atoms. The van der Waals surface area contributed by atoms with Crippen LogP contribution in [0.4, 0.5) is 0 Å². The SMILES string of the molecule is CCc1ccccc1C(=O)NCC1CCNC1. The molecule has 17 heavy (non-hydrogen) atoms. The number of carbonyl (C=O) groups excluding carboxylic acids is 1. The molecule has 2 rings (SSSR count). The maximum Gasteiger partial charge on any atom is 0.251 e. The van der Waals surface area contributed by atoms with E-state index in [9.17, 15) is 4.79 Å². The minimum atomic E-state index is 0.0642. The van der Waals surface area contributed by atoms with E-state index in [2.05, 4.69) is 17.6 Å². The van der Waals surface area contributed by atoms with Crippen molar-refractivity contribution in [3.8, 4) is 0 Å². The molecule has 0 spiro atoms. The minimum absolute atomic E-state index is 0.0642. The van der Waals surface area contributed by atoms with Crippen LogP contribution in [0.3, 0.4) is 0 Å². The van der Waals surface area contributed by atoms with Gasteiger partial charge in [0.1, 0.15) is 0 Å². The van der Waals surface area contributed by atoms with Crippen molar-refractivity contribution in [2.24, 2.45) is 5.92 Å². The Morgan fingerprint density at radius 2 is 2.29 bits per heavy atom. The number of amides is 1. The fourth-order valence-corrected chi connectivity index (χ4v) is 2.27. The molecule has 3 heteroatoms. The highest BCUT2D eigenvalue weighted by Crippen LogP contribution is 2.10. The fourth-order valence-electron chi connectivity index (χ4n) is 2.27. The summed E-state index contributed by atoms with van der Waals surface area (Å²) in [6.45, 7) is 4.96. The number of carbonyl (C=O) groups is 1. The van der Waals surface area contributed by atoms with Crippen LogP contribution in [0.2, 0.25) is 0 Å². The molecular weight excluding hydrogens is 212 g/mol. The van der Waals surface area contributed by atoms with Gasteiger partial charge >= 0.3 is 0 Å². The number of aryl methyl sites for hydroxylation is 1. The van der Waals surface area contributed by atoms with Gasteiger partial charge < -0.3 is 10.6 Å². The van der Waals surface area contributed by atoms with Crippen molar-refractivity contribution in [2.45, 2.75) is 19.8 Å². The van der Waals surface area contributed by atoms with Gasteiger partial charge in [-0.15, -0.1) is 0 Å². The van der Waals surface area contributed by atoms with Gasteiger partial charge in [0.25, 0.3) is 5.91 Å². The highest BCUT2D eigenvalue weighted by Gasteiger charge is 2.16. The first-order valence-electron chi connectivity index (χ1n) is 6.38. The second-order valence-corrected chi connectivity index (χ2v) is 4.58. The van der Waals surface area contributed by atoms with E-state index in [-0.39, 0.29) is 5.91 Å². The molecule has 1 amide bonds. The van der Waals surface area contributed by atoms with Crippen molar-refractivity contribution in [2.75, 3.05) is 19.6 Å². The highest BCUT2D eigenvalue weighted by molar-refractivity contribution is 5.95. The first-order chi connectivity index (χ1) is 8.31. The van der Waals surface area contributed by atoms with Gasteiger partial charge in [0.2, 0.25) is 0 Å². The molecule has 1 aromatic rings. The van der Waals surface area contributed by atoms with E-state index in [0.29, 0.717) is 5.92 Å². The Morgan fingerprint density at radius 3 is 3.00 bits per heavy atom. The predicted molar refractivity (Wildman–Crippen MR) is 69.1 cm³/mol. The lowest BCUT2D eigenvalue weighted by Gasteiger charge is -2.12. The van der Waals surface area contributed by atoms with Crippen LogP contribution in [-0.4, -0.2) is 25.5 Å². The van der Waals surface area contributed by atoms with Crippen LogP contribution >= 0.6 is 0 Å². The Balaban J connectivity index is 1.94. The zero-order chi connectivity index (χ0) is 12.1. The molecule has 0 aliphatic carbocycles. The largest absolute Gasteiger partial charge is 0.352 e. The normalized spacial score (nSPS) is 19.2. The van der Waals surface area contributed by atoms with Gasteiger partial charge in [0.15, 0.2) is 0 Å². The third-order valence-electron chi connectivity index (χ3n) is 3.36. The molecule has 3 nitrogen and oxygen atoms in total. The second-order valence-electron chi connectivity index (χ2n) is 4.58. The lowest BCUT2D eigenvalue weighted by Crippen LogP contribution is -2.30. The number of benzene rings is 1. The van der Waals surface area contributed by atoms with Crippen LogP contribution in [0.5, 0.6) is 0 Å². The van der Waals surface area contributed by atoms with Crippen LogP contribution in [0, 0.1) is 5.92 Å². The molecule has 0 aromatic heterocycles. The Labute approximate surface area is 103 Å². The van der Waals surface area contributed by atoms with Crippen LogP contribution in [0.1, 0.15) is 29.3 Å². The van der Waals surface area contributed by atoms with E-state index < -0.39 is 0 Å². The topological polar surface area (TPSA) is 41.1 Å². The molecule has 1 saturated heterocycles. The van der Waals surface area contributed by atoms with Gasteiger partial charge in [0.05, 0.1) is 0 Å². The number of hydrogen-bond acceptors (Lipinski definition) is 2. The Kier molecular flexibility index (Phi) is 4.15. The third kappa shape index (κ3) is 3.07. The Morgan fingerprint density at radius 1 is 1.47 bits per heavy atom. The lowest BCUT2D eigenvalue weighted by molar-refractivity contribution is 0.0947. The van der Waals surface area contributed by atoms with Gasteiger partial charge in [-0.05, 0) is 43.5 Å². The van der Waals surface area contributed by atoms with Crippen molar-refractivity contribution < 1.29 is 4.79 Å². The summed E-state index contributed by atoms with van der Waals surface area (Å²) in [7, 11) is 0. The molecule has 2 N–H and O–H groups in total. The quantitative estimate of drug-likeness (QED) is 0.827. The van der Waals surface area contributed by atoms with Gasteiger partial charge in [0, 0.05) is 12.1 Å². The maximum absolute atomic E-state index is 12.0. The molecule has 92 valence electrons. The molecule has 0 radical (unpaired) electrons. The maximum atomic E-state index is 12.0. The van der Waals surface area contributed by atoms with E-state index in [1.54, 1.807) is 0 Å². The first-order valence-corrected chi connectivity index (χ1v) is 6.38. The van der Waals surface area contributed by atoms with E-state index in [1.807, 2.05) is 24.3 Å². The Hall–Kier alpha value is -1.35. The van der Waals surface area contributed by atoms with Crippen LogP contribution in [0.15, 0.2) is 24.3 Å². The van der Waals surface area contributed by atoms with E-state index >= 15 is 0 Å². The molecule has 1 aliphatic rings. The molecular formula is C14H20N2O. The molecule has 1 fully saturated rings. The van der Waals surface area contributed by atoms with Gasteiger partial charge in [-0.1, -0.05) is 25.1 Å². The molecule has 1 unspecified atom stereocenters. The summed E-state index contributed by atoms with van der Waals surface area (Å²) in [5.41, 5.74) is 1.94. The standard InChI is InChI=1S/C14H20N2O/c1-2-12-5-3-4-6-13(12)14(17)16-10-11-7-8-15-9-11/h3-6,11,15H,2,7-10H2,1H3,(H,16,17). The minimum Gasteiger partial charge on any atom is -0.352 e. The van der Waals surface area contributed by atoms with Crippen molar-refractivity contribution in [3.05, 3.63) is 35.4 Å². The summed E-state index contributed by atoms with van der Waals surface area (Å²) >= 11 is 0. The van der Waals surface area contributed by atoms with Crippen molar-refractivity contribution >= 4 is 5.91 Å². The average molecular weight is 232 g/mol. The summed E-state index contributed by atoms with van der Waals surface area (Å²) in [6, 6.07) is 7.83. The lowest BCUT2D eigenvalue weighted by atomic mass is 10.0. The zero-order valence-electron chi connectivity index (χ0n) is 10.3. The highest BCUT2D eigenvalue weighted by atomic mass is 16.1. The molecule has 0 saturated carbocycles. The van der Waals surface area contributed by atoms with Crippen molar-refractivity contribution in [1.82, 2.24) is 10.6 Å². The first kappa shape index (κ1) is 12.1. The van der Waals surface area contributed by atoms with Gasteiger partial charge in [-0.3, -0.25) is 4.79 Å². The molecule has 1 heterocycles. The van der Waals surface area contributed by atoms with E-state index in [1.165, 1.54) is 0 Å². The summed E-state index contributed by atoms with van der Waals surface area (Å²) in [6.07, 6.45) is 2.06. The number of hydrogen-bond donors (Lipinski definition) is 2. The molecule has 1 atom stereocenters. The Bertz CT molecular complexity index is 384. The predicted octanol–water partition coefficient (Wildman–Crippen LogP) is 1.59. The van der Waals surface area contributed by atoms with Gasteiger partial charge in [-0.25, -0.2) is 0 Å². The van der Waals surface area contributed by atoms with Gasteiger partial charge in [-0.2, -0.15) is 0 Å². The summed E-state index contributed by atoms with van der Waals surface area (Å²) in [5.74, 6) is 0.655. The fraction of sp³-hybridized carbons (Fsp3) is 0.500. The summed E-state index contributed by atoms with van der Waals surface area (Å²) in [5, 5.41) is 6.34. The smallest absolute Gasteiger partial charge is 0.251 e. The molecule has 1 aromatic carbocycles.